The van der Waals surface area contributed by atoms with E-state index in [1.165, 1.54) is 32.1 Å². The van der Waals surface area contributed by atoms with Gasteiger partial charge >= 0.3 is 0 Å². The lowest BCUT2D eigenvalue weighted by atomic mass is 9.76. The minimum Gasteiger partial charge on any atom is -0.0620 e. The first-order chi connectivity index (χ1) is 4.63. The normalized spacial score (nSPS) is 33.3. The van der Waals surface area contributed by atoms with Gasteiger partial charge in [-0.1, -0.05) is 39.5 Å². The quantitative estimate of drug-likeness (QED) is 0.451. The zero-order chi connectivity index (χ0) is 7.61. The first-order valence-electron chi connectivity index (χ1n) is 4.48. The van der Waals surface area contributed by atoms with Crippen LogP contribution in [-0.4, -0.2) is 0 Å². The molecule has 1 rings (SSSR count). The number of hydrogen-bond acceptors (Lipinski definition) is 0. The topological polar surface area (TPSA) is 0 Å². The molecule has 2 unspecified atom stereocenters. The molecule has 1 aliphatic rings. The molecule has 0 spiro atoms. The zero-order valence-corrected chi connectivity index (χ0v) is 7.32. The van der Waals surface area contributed by atoms with Crippen molar-refractivity contribution in [2.75, 3.05) is 0 Å². The lowest BCUT2D eigenvalue weighted by molar-refractivity contribution is 0.254. The van der Waals surface area contributed by atoms with Gasteiger partial charge in [0.15, 0.2) is 0 Å². The first-order valence-corrected chi connectivity index (χ1v) is 4.48. The van der Waals surface area contributed by atoms with Crippen molar-refractivity contribution in [3.8, 4) is 0 Å². The van der Waals surface area contributed by atoms with Gasteiger partial charge in [0.05, 0.1) is 0 Å². The van der Waals surface area contributed by atoms with Crippen molar-refractivity contribution in [3.63, 3.8) is 0 Å². The van der Waals surface area contributed by atoms with Crippen LogP contribution in [0.15, 0.2) is 0 Å². The lowest BCUT2D eigenvalue weighted by Crippen LogP contribution is -2.19. The van der Waals surface area contributed by atoms with Crippen LogP contribution in [0, 0.1) is 18.3 Å². The summed E-state index contributed by atoms with van der Waals surface area (Å²) in [5.41, 5.74) is 0.372. The van der Waals surface area contributed by atoms with Crippen molar-refractivity contribution in [3.05, 3.63) is 6.92 Å². The standard InChI is InChI=1S/C10H19/c1-9-7-5-4-6-8-10(9,2)3/h9H,2,4-8H2,1,3H3. The monoisotopic (exact) mass is 139 g/mol. The molecule has 0 bridgehead atoms. The molecule has 1 radical (unpaired) electrons. The smallest absolute Gasteiger partial charge is 0.0300 e. The second kappa shape index (κ2) is 2.94. The Labute approximate surface area is 65.0 Å². The van der Waals surface area contributed by atoms with Crippen LogP contribution in [0.2, 0.25) is 0 Å². The second-order valence-corrected chi connectivity index (χ2v) is 4.15. The third-order valence-electron chi connectivity index (χ3n) is 3.07. The van der Waals surface area contributed by atoms with Crippen LogP contribution in [0.3, 0.4) is 0 Å². The second-order valence-electron chi connectivity index (χ2n) is 4.15. The highest BCUT2D eigenvalue weighted by Crippen LogP contribution is 2.38. The van der Waals surface area contributed by atoms with E-state index in [4.69, 9.17) is 0 Å². The summed E-state index contributed by atoms with van der Waals surface area (Å²) in [5, 5.41) is 0. The molecule has 0 aliphatic heterocycles. The summed E-state index contributed by atoms with van der Waals surface area (Å²) in [5.74, 6) is 0.829. The summed E-state index contributed by atoms with van der Waals surface area (Å²) in [6.07, 6.45) is 6.96. The summed E-state index contributed by atoms with van der Waals surface area (Å²) < 4.78 is 0. The summed E-state index contributed by atoms with van der Waals surface area (Å²) in [4.78, 5) is 0. The van der Waals surface area contributed by atoms with E-state index in [0.717, 1.165) is 5.92 Å². The van der Waals surface area contributed by atoms with Gasteiger partial charge in [-0.2, -0.15) is 0 Å². The Balaban J connectivity index is 2.52. The molecule has 0 amide bonds. The summed E-state index contributed by atoms with van der Waals surface area (Å²) in [6, 6.07) is 0. The summed E-state index contributed by atoms with van der Waals surface area (Å²) >= 11 is 0. The van der Waals surface area contributed by atoms with Crippen LogP contribution in [-0.2, 0) is 0 Å². The van der Waals surface area contributed by atoms with Crippen LogP contribution >= 0.6 is 0 Å². The highest BCUT2D eigenvalue weighted by Gasteiger charge is 2.26. The van der Waals surface area contributed by atoms with Crippen molar-refractivity contribution in [1.82, 2.24) is 0 Å². The van der Waals surface area contributed by atoms with Gasteiger partial charge in [0, 0.05) is 0 Å². The van der Waals surface area contributed by atoms with Gasteiger partial charge in [0.25, 0.3) is 0 Å². The van der Waals surface area contributed by atoms with Gasteiger partial charge in [-0.3, -0.25) is 0 Å². The van der Waals surface area contributed by atoms with Gasteiger partial charge in [0.1, 0.15) is 0 Å². The average molecular weight is 139 g/mol. The van der Waals surface area contributed by atoms with Crippen molar-refractivity contribution >= 4 is 0 Å². The van der Waals surface area contributed by atoms with Gasteiger partial charge in [-0.15, -0.1) is 0 Å². The van der Waals surface area contributed by atoms with Crippen LogP contribution < -0.4 is 0 Å². The summed E-state index contributed by atoms with van der Waals surface area (Å²) in [6.45, 7) is 8.92. The fourth-order valence-electron chi connectivity index (χ4n) is 1.75. The van der Waals surface area contributed by atoms with E-state index in [-0.39, 0.29) is 0 Å². The van der Waals surface area contributed by atoms with Crippen LogP contribution in [0.25, 0.3) is 0 Å². The van der Waals surface area contributed by atoms with Crippen molar-refractivity contribution < 1.29 is 0 Å². The molecular formula is C10H19. The minimum atomic E-state index is 0.372. The Morgan fingerprint density at radius 1 is 1.30 bits per heavy atom. The maximum atomic E-state index is 4.27. The molecule has 0 N–H and O–H groups in total. The molecule has 59 valence electrons. The maximum Gasteiger partial charge on any atom is -0.0300 e. The Morgan fingerprint density at radius 2 is 2.00 bits per heavy atom. The van der Waals surface area contributed by atoms with E-state index in [2.05, 4.69) is 20.8 Å². The molecule has 0 aromatic rings. The number of rotatable bonds is 0. The fourth-order valence-corrected chi connectivity index (χ4v) is 1.75. The van der Waals surface area contributed by atoms with Crippen LogP contribution in [0.1, 0.15) is 46.0 Å². The van der Waals surface area contributed by atoms with Crippen molar-refractivity contribution in [1.29, 1.82) is 0 Å². The predicted molar refractivity (Wildman–Crippen MR) is 45.7 cm³/mol. The molecule has 0 heterocycles. The highest BCUT2D eigenvalue weighted by atomic mass is 14.3. The summed E-state index contributed by atoms with van der Waals surface area (Å²) in [7, 11) is 0. The van der Waals surface area contributed by atoms with Gasteiger partial charge in [-0.25, -0.2) is 0 Å². The first kappa shape index (κ1) is 8.10. The van der Waals surface area contributed by atoms with E-state index in [1.807, 2.05) is 0 Å². The third-order valence-corrected chi connectivity index (χ3v) is 3.07. The molecule has 0 nitrogen and oxygen atoms in total. The van der Waals surface area contributed by atoms with Crippen molar-refractivity contribution in [2.24, 2.45) is 11.3 Å². The largest absolute Gasteiger partial charge is 0.0620 e. The molecule has 1 fully saturated rings. The van der Waals surface area contributed by atoms with E-state index in [9.17, 15) is 0 Å². The van der Waals surface area contributed by atoms with E-state index in [1.54, 1.807) is 0 Å². The van der Waals surface area contributed by atoms with Crippen molar-refractivity contribution in [2.45, 2.75) is 46.0 Å². The minimum absolute atomic E-state index is 0.372. The van der Waals surface area contributed by atoms with Gasteiger partial charge in [0.2, 0.25) is 0 Å². The highest BCUT2D eigenvalue weighted by molar-refractivity contribution is 4.84. The fraction of sp³-hybridized carbons (Fsp3) is 0.900. The molecule has 0 aromatic heterocycles. The molecule has 2 atom stereocenters. The third kappa shape index (κ3) is 1.74. The van der Waals surface area contributed by atoms with E-state index < -0.39 is 0 Å². The number of hydrogen-bond donors (Lipinski definition) is 0. The Morgan fingerprint density at radius 3 is 2.70 bits per heavy atom. The van der Waals surface area contributed by atoms with E-state index in [0.29, 0.717) is 5.41 Å². The molecule has 0 heteroatoms. The molecule has 10 heavy (non-hydrogen) atoms. The average Bonchev–Trinajstić information content (AvgIpc) is 1.96. The molecule has 0 aromatic carbocycles. The molecule has 1 aliphatic carbocycles. The van der Waals surface area contributed by atoms with Crippen LogP contribution in [0.5, 0.6) is 0 Å². The maximum absolute atomic E-state index is 4.27. The predicted octanol–water partition coefficient (Wildman–Crippen LogP) is 3.43. The van der Waals surface area contributed by atoms with Crippen LogP contribution in [0.4, 0.5) is 0 Å². The molecule has 1 saturated carbocycles. The molecular weight excluding hydrogens is 120 g/mol. The SMILES string of the molecule is [CH2]C1(C)CCCCCC1C. The Kier molecular flexibility index (Phi) is 2.38. The zero-order valence-electron chi connectivity index (χ0n) is 7.32. The van der Waals surface area contributed by atoms with E-state index >= 15 is 0 Å². The van der Waals surface area contributed by atoms with Gasteiger partial charge in [-0.05, 0) is 24.7 Å². The lowest BCUT2D eigenvalue weighted by Gasteiger charge is -2.29. The van der Waals surface area contributed by atoms with Gasteiger partial charge < -0.3 is 0 Å². The molecule has 0 saturated heterocycles. The Bertz CT molecular complexity index is 103. The Hall–Kier alpha value is 0.